The van der Waals surface area contributed by atoms with E-state index in [2.05, 4.69) is 16.5 Å². The van der Waals surface area contributed by atoms with Crippen LogP contribution < -0.4 is 0 Å². The molecule has 23 heavy (non-hydrogen) atoms. The highest BCUT2D eigenvalue weighted by Gasteiger charge is 2.23. The van der Waals surface area contributed by atoms with Gasteiger partial charge in [0.25, 0.3) is 0 Å². The first-order chi connectivity index (χ1) is 11.1. The molecule has 0 N–H and O–H groups in total. The summed E-state index contributed by atoms with van der Waals surface area (Å²) in [6.45, 7) is 5.75. The van der Waals surface area contributed by atoms with Gasteiger partial charge in [0, 0.05) is 18.1 Å². The molecule has 1 aliphatic carbocycles. The second-order valence-electron chi connectivity index (χ2n) is 7.15. The fraction of sp³-hybridized carbons (Fsp3) is 0.833. The normalized spacial score (nSPS) is 23.7. The molecule has 0 aromatic carbocycles. The molecular weight excluding hydrogens is 308 g/mol. The van der Waals surface area contributed by atoms with Crippen LogP contribution in [0.5, 0.6) is 0 Å². The van der Waals surface area contributed by atoms with Crippen LogP contribution in [0.1, 0.15) is 62.8 Å². The van der Waals surface area contributed by atoms with Gasteiger partial charge in [0.1, 0.15) is 0 Å². The lowest BCUT2D eigenvalue weighted by Crippen LogP contribution is -2.19. The van der Waals surface area contributed by atoms with E-state index < -0.39 is 10.8 Å². The van der Waals surface area contributed by atoms with Gasteiger partial charge in [0.2, 0.25) is 0 Å². The number of aromatic nitrogens is 2. The van der Waals surface area contributed by atoms with Crippen LogP contribution in [0.25, 0.3) is 0 Å². The Labute approximate surface area is 142 Å². The van der Waals surface area contributed by atoms with Crippen LogP contribution in [0.4, 0.5) is 0 Å². The molecule has 1 saturated heterocycles. The van der Waals surface area contributed by atoms with E-state index in [4.69, 9.17) is 4.74 Å². The number of nitrogens with zero attached hydrogens (tertiary/aromatic N) is 2. The maximum atomic E-state index is 12.8. The van der Waals surface area contributed by atoms with Crippen molar-refractivity contribution in [2.75, 3.05) is 12.4 Å². The van der Waals surface area contributed by atoms with E-state index in [1.165, 1.54) is 32.1 Å². The predicted molar refractivity (Wildman–Crippen MR) is 93.1 cm³/mol. The van der Waals surface area contributed by atoms with E-state index in [9.17, 15) is 4.21 Å². The van der Waals surface area contributed by atoms with Gasteiger partial charge < -0.3 is 9.30 Å². The number of hydrogen-bond acceptors (Lipinski definition) is 3. The summed E-state index contributed by atoms with van der Waals surface area (Å²) in [5.74, 6) is 1.62. The highest BCUT2D eigenvalue weighted by molar-refractivity contribution is 7.84. The second kappa shape index (κ2) is 7.93. The summed E-state index contributed by atoms with van der Waals surface area (Å²) < 4.78 is 20.7. The molecular formula is C18H30N2O2S. The van der Waals surface area contributed by atoms with Gasteiger partial charge in [0.05, 0.1) is 29.1 Å². The second-order valence-corrected chi connectivity index (χ2v) is 8.62. The highest BCUT2D eigenvalue weighted by Crippen LogP contribution is 2.29. The molecule has 130 valence electrons. The van der Waals surface area contributed by atoms with Crippen LogP contribution in [0, 0.1) is 19.8 Å². The molecule has 2 atom stereocenters. The summed E-state index contributed by atoms with van der Waals surface area (Å²) in [5.41, 5.74) is 2.14. The SMILES string of the molecule is Cc1nc([S@](=O)CCCC2CCCC2)n(C[C@@H]2CCCO2)c1C. The molecule has 2 heterocycles. The van der Waals surface area contributed by atoms with E-state index in [1.807, 2.05) is 6.92 Å². The van der Waals surface area contributed by atoms with Crippen molar-refractivity contribution in [3.05, 3.63) is 11.4 Å². The number of imidazole rings is 1. The third-order valence-electron chi connectivity index (χ3n) is 5.45. The van der Waals surface area contributed by atoms with Gasteiger partial charge in [-0.15, -0.1) is 0 Å². The Bertz CT molecular complexity index is 543. The molecule has 2 fully saturated rings. The summed E-state index contributed by atoms with van der Waals surface area (Å²) >= 11 is 0. The number of rotatable bonds is 7. The quantitative estimate of drug-likeness (QED) is 0.760. The molecule has 0 spiro atoms. The lowest BCUT2D eigenvalue weighted by molar-refractivity contribution is 0.0944. The van der Waals surface area contributed by atoms with Crippen molar-refractivity contribution >= 4 is 10.8 Å². The minimum Gasteiger partial charge on any atom is -0.376 e. The van der Waals surface area contributed by atoms with Gasteiger partial charge in [-0.3, -0.25) is 4.21 Å². The maximum Gasteiger partial charge on any atom is 0.199 e. The zero-order valence-electron chi connectivity index (χ0n) is 14.6. The zero-order valence-corrected chi connectivity index (χ0v) is 15.4. The summed E-state index contributed by atoms with van der Waals surface area (Å²) in [7, 11) is -0.988. The minimum absolute atomic E-state index is 0.261. The Hall–Kier alpha value is -0.680. The molecule has 0 radical (unpaired) electrons. The molecule has 1 aromatic rings. The van der Waals surface area contributed by atoms with Gasteiger partial charge in [-0.25, -0.2) is 4.98 Å². The van der Waals surface area contributed by atoms with Crippen LogP contribution in [0.3, 0.4) is 0 Å². The monoisotopic (exact) mass is 338 g/mol. The van der Waals surface area contributed by atoms with Gasteiger partial charge in [-0.2, -0.15) is 0 Å². The first-order valence-electron chi connectivity index (χ1n) is 9.19. The van der Waals surface area contributed by atoms with Crippen molar-refractivity contribution in [1.29, 1.82) is 0 Å². The topological polar surface area (TPSA) is 44.1 Å². The molecule has 1 aliphatic heterocycles. The van der Waals surface area contributed by atoms with Gasteiger partial charge in [0.15, 0.2) is 5.16 Å². The van der Waals surface area contributed by atoms with E-state index >= 15 is 0 Å². The Morgan fingerprint density at radius 3 is 2.70 bits per heavy atom. The van der Waals surface area contributed by atoms with Crippen LogP contribution in [-0.2, 0) is 22.1 Å². The van der Waals surface area contributed by atoms with Crippen molar-refractivity contribution in [2.45, 2.75) is 83.0 Å². The van der Waals surface area contributed by atoms with Crippen molar-refractivity contribution < 1.29 is 8.95 Å². The Balaban J connectivity index is 1.60. The van der Waals surface area contributed by atoms with Crippen LogP contribution >= 0.6 is 0 Å². The van der Waals surface area contributed by atoms with Gasteiger partial charge >= 0.3 is 0 Å². The maximum absolute atomic E-state index is 12.8. The first-order valence-corrected chi connectivity index (χ1v) is 10.5. The van der Waals surface area contributed by atoms with Crippen molar-refractivity contribution in [3.8, 4) is 0 Å². The van der Waals surface area contributed by atoms with Gasteiger partial charge in [-0.1, -0.05) is 25.7 Å². The Morgan fingerprint density at radius 2 is 2.00 bits per heavy atom. The molecule has 3 rings (SSSR count). The highest BCUT2D eigenvalue weighted by atomic mass is 32.2. The molecule has 1 aromatic heterocycles. The van der Waals surface area contributed by atoms with E-state index in [-0.39, 0.29) is 6.10 Å². The third-order valence-corrected chi connectivity index (χ3v) is 6.83. The van der Waals surface area contributed by atoms with Gasteiger partial charge in [-0.05, 0) is 45.4 Å². The molecule has 2 aliphatic rings. The molecule has 1 saturated carbocycles. The van der Waals surface area contributed by atoms with E-state index in [0.29, 0.717) is 0 Å². The summed E-state index contributed by atoms with van der Waals surface area (Å²) in [4.78, 5) is 4.61. The smallest absolute Gasteiger partial charge is 0.199 e. The third kappa shape index (κ3) is 4.24. The fourth-order valence-electron chi connectivity index (χ4n) is 3.90. The van der Waals surface area contributed by atoms with Crippen molar-refractivity contribution in [3.63, 3.8) is 0 Å². The number of hydrogen-bond donors (Lipinski definition) is 0. The zero-order chi connectivity index (χ0) is 16.2. The first kappa shape index (κ1) is 17.2. The standard InChI is InChI=1S/C18H30N2O2S/c1-14-15(2)20(13-17-10-5-11-22-17)18(19-14)23(21)12-6-9-16-7-3-4-8-16/h16-17H,3-13H2,1-2H3/t17-,23+/m0/s1. The van der Waals surface area contributed by atoms with E-state index in [1.54, 1.807) is 0 Å². The summed E-state index contributed by atoms with van der Waals surface area (Å²) in [6, 6.07) is 0. The average molecular weight is 339 g/mol. The lowest BCUT2D eigenvalue weighted by Gasteiger charge is -2.15. The summed E-state index contributed by atoms with van der Waals surface area (Å²) in [6.07, 6.45) is 10.3. The lowest BCUT2D eigenvalue weighted by atomic mass is 10.0. The molecule has 4 nitrogen and oxygen atoms in total. The van der Waals surface area contributed by atoms with Crippen LogP contribution in [0.15, 0.2) is 5.16 Å². The average Bonchev–Trinajstić information content (AvgIpc) is 3.26. The predicted octanol–water partition coefficient (Wildman–Crippen LogP) is 3.76. The molecule has 5 heteroatoms. The Morgan fingerprint density at radius 1 is 1.22 bits per heavy atom. The largest absolute Gasteiger partial charge is 0.376 e. The minimum atomic E-state index is -0.988. The number of ether oxygens (including phenoxy) is 1. The number of aryl methyl sites for hydroxylation is 1. The van der Waals surface area contributed by atoms with E-state index in [0.717, 1.165) is 60.6 Å². The Kier molecular flexibility index (Phi) is 5.91. The van der Waals surface area contributed by atoms with Crippen LogP contribution in [0.2, 0.25) is 0 Å². The fourth-order valence-corrected chi connectivity index (χ4v) is 5.21. The molecule has 0 unspecified atom stereocenters. The molecule has 0 amide bonds. The van der Waals surface area contributed by atoms with Crippen LogP contribution in [-0.4, -0.2) is 32.2 Å². The summed E-state index contributed by atoms with van der Waals surface area (Å²) in [5, 5.41) is 0.766. The van der Waals surface area contributed by atoms with Crippen molar-refractivity contribution in [1.82, 2.24) is 9.55 Å². The molecule has 0 bridgehead atoms. The van der Waals surface area contributed by atoms with Crippen molar-refractivity contribution in [2.24, 2.45) is 5.92 Å².